The number of anilines is 3. The molecule has 214 valence electrons. The summed E-state index contributed by atoms with van der Waals surface area (Å²) in [5.41, 5.74) is 16.2. The lowest BCUT2D eigenvalue weighted by molar-refractivity contribution is 0.660. The lowest BCUT2D eigenvalue weighted by Gasteiger charge is -2.28. The maximum Gasteiger partial charge on any atom is 0.0465 e. The molecular formula is C43H37N. The molecule has 0 spiro atoms. The number of aryl methyl sites for hydroxylation is 2. The molecule has 0 heterocycles. The molecule has 0 atom stereocenters. The number of hydrogen-bond donors (Lipinski definition) is 0. The van der Waals surface area contributed by atoms with Crippen LogP contribution in [0.3, 0.4) is 0 Å². The Labute approximate surface area is 261 Å². The van der Waals surface area contributed by atoms with E-state index in [9.17, 15) is 0 Å². The van der Waals surface area contributed by atoms with Crippen molar-refractivity contribution in [3.63, 3.8) is 0 Å². The molecule has 0 N–H and O–H groups in total. The summed E-state index contributed by atoms with van der Waals surface area (Å²) in [6.07, 6.45) is 4.44. The van der Waals surface area contributed by atoms with Crippen LogP contribution in [0.15, 0.2) is 140 Å². The third kappa shape index (κ3) is 5.16. The minimum absolute atomic E-state index is 0.121. The quantitative estimate of drug-likeness (QED) is 0.181. The van der Waals surface area contributed by atoms with Crippen LogP contribution < -0.4 is 4.90 Å². The number of rotatable bonds is 6. The standard InChI is InChI=1S/C43H37N/c1-30-13-15-32(16-14-30)17-18-33-19-25-39-40-26-24-38(29-42(40)43(3,4)41(39)28-33)44(37-12-8-9-31(2)27-37)36-22-20-35(21-23-36)34-10-6-5-7-11-34/h5-29H,1-4H3. The van der Waals surface area contributed by atoms with E-state index in [-0.39, 0.29) is 5.41 Å². The van der Waals surface area contributed by atoms with E-state index in [0.717, 1.165) is 11.4 Å². The summed E-state index contributed by atoms with van der Waals surface area (Å²) in [6, 6.07) is 50.9. The van der Waals surface area contributed by atoms with Crippen LogP contribution in [0.5, 0.6) is 0 Å². The number of nitrogens with zero attached hydrogens (tertiary/aromatic N) is 1. The van der Waals surface area contributed by atoms with E-state index in [4.69, 9.17) is 0 Å². The molecule has 0 aromatic heterocycles. The Hall–Kier alpha value is -5.14. The smallest absolute Gasteiger partial charge is 0.0465 e. The van der Waals surface area contributed by atoms with Gasteiger partial charge in [0.15, 0.2) is 0 Å². The van der Waals surface area contributed by atoms with E-state index in [1.54, 1.807) is 0 Å². The molecule has 0 saturated carbocycles. The van der Waals surface area contributed by atoms with Gasteiger partial charge in [-0.25, -0.2) is 0 Å². The van der Waals surface area contributed by atoms with Gasteiger partial charge in [0.2, 0.25) is 0 Å². The van der Waals surface area contributed by atoms with Gasteiger partial charge in [-0.05, 0) is 100 Å². The molecule has 0 amide bonds. The average Bonchev–Trinajstić information content (AvgIpc) is 3.27. The molecular weight excluding hydrogens is 530 g/mol. The van der Waals surface area contributed by atoms with E-state index in [0.29, 0.717) is 0 Å². The van der Waals surface area contributed by atoms with Crippen molar-refractivity contribution in [1.29, 1.82) is 0 Å². The fraction of sp³-hybridized carbons (Fsp3) is 0.116. The third-order valence-electron chi connectivity index (χ3n) is 8.98. The van der Waals surface area contributed by atoms with Gasteiger partial charge in [-0.2, -0.15) is 0 Å². The second-order valence-corrected chi connectivity index (χ2v) is 12.5. The van der Waals surface area contributed by atoms with Gasteiger partial charge in [-0.1, -0.05) is 135 Å². The Bertz CT molecular complexity index is 1980. The van der Waals surface area contributed by atoms with Crippen molar-refractivity contribution in [2.75, 3.05) is 4.90 Å². The topological polar surface area (TPSA) is 3.24 Å². The monoisotopic (exact) mass is 567 g/mol. The maximum atomic E-state index is 2.41. The maximum absolute atomic E-state index is 2.41. The van der Waals surface area contributed by atoms with Crippen LogP contribution in [0.4, 0.5) is 17.1 Å². The Morgan fingerprint density at radius 1 is 0.455 bits per heavy atom. The van der Waals surface area contributed by atoms with Crippen molar-refractivity contribution in [2.45, 2.75) is 33.1 Å². The van der Waals surface area contributed by atoms with E-state index >= 15 is 0 Å². The predicted octanol–water partition coefficient (Wildman–Crippen LogP) is 11.9. The molecule has 0 fully saturated rings. The first-order valence-electron chi connectivity index (χ1n) is 15.4. The molecule has 0 radical (unpaired) electrons. The SMILES string of the molecule is Cc1ccc(C=Cc2ccc3c(c2)C(C)(C)c2cc(N(c4ccc(-c5ccccc5)cc4)c4cccc(C)c4)ccc2-3)cc1. The van der Waals surface area contributed by atoms with Gasteiger partial charge in [0.1, 0.15) is 0 Å². The Balaban J connectivity index is 1.27. The summed E-state index contributed by atoms with van der Waals surface area (Å²) >= 11 is 0. The fourth-order valence-electron chi connectivity index (χ4n) is 6.50. The first-order chi connectivity index (χ1) is 21.4. The molecule has 0 saturated heterocycles. The van der Waals surface area contributed by atoms with Gasteiger partial charge in [-0.3, -0.25) is 0 Å². The molecule has 1 aliphatic carbocycles. The summed E-state index contributed by atoms with van der Waals surface area (Å²) in [4.78, 5) is 2.39. The van der Waals surface area contributed by atoms with Crippen molar-refractivity contribution in [3.05, 3.63) is 173 Å². The summed E-state index contributed by atoms with van der Waals surface area (Å²) in [5.74, 6) is 0. The molecule has 1 aliphatic rings. The summed E-state index contributed by atoms with van der Waals surface area (Å²) in [7, 11) is 0. The summed E-state index contributed by atoms with van der Waals surface area (Å²) in [5, 5.41) is 0. The minimum Gasteiger partial charge on any atom is -0.310 e. The molecule has 0 unspecified atom stereocenters. The Morgan fingerprint density at radius 3 is 1.77 bits per heavy atom. The van der Waals surface area contributed by atoms with E-state index < -0.39 is 0 Å². The van der Waals surface area contributed by atoms with Crippen LogP contribution in [-0.2, 0) is 5.41 Å². The third-order valence-corrected chi connectivity index (χ3v) is 8.98. The van der Waals surface area contributed by atoms with Crippen LogP contribution in [-0.4, -0.2) is 0 Å². The Kier molecular flexibility index (Phi) is 7.03. The highest BCUT2D eigenvalue weighted by molar-refractivity contribution is 5.87. The van der Waals surface area contributed by atoms with Crippen LogP contribution in [0.25, 0.3) is 34.4 Å². The molecule has 6 aromatic rings. The largest absolute Gasteiger partial charge is 0.310 e. The lowest BCUT2D eigenvalue weighted by Crippen LogP contribution is -2.16. The minimum atomic E-state index is -0.121. The zero-order valence-corrected chi connectivity index (χ0v) is 25.9. The molecule has 44 heavy (non-hydrogen) atoms. The molecule has 1 heteroatoms. The zero-order valence-electron chi connectivity index (χ0n) is 25.9. The van der Waals surface area contributed by atoms with Crippen molar-refractivity contribution >= 4 is 29.2 Å². The first kappa shape index (κ1) is 27.7. The zero-order chi connectivity index (χ0) is 30.3. The predicted molar refractivity (Wildman–Crippen MR) is 189 cm³/mol. The van der Waals surface area contributed by atoms with E-state index in [2.05, 4.69) is 184 Å². The van der Waals surface area contributed by atoms with Gasteiger partial charge in [0, 0.05) is 22.5 Å². The van der Waals surface area contributed by atoms with Crippen molar-refractivity contribution in [1.82, 2.24) is 0 Å². The van der Waals surface area contributed by atoms with Gasteiger partial charge < -0.3 is 4.90 Å². The highest BCUT2D eigenvalue weighted by atomic mass is 15.1. The number of hydrogen-bond acceptors (Lipinski definition) is 1. The van der Waals surface area contributed by atoms with Crippen LogP contribution in [0, 0.1) is 13.8 Å². The first-order valence-corrected chi connectivity index (χ1v) is 15.4. The van der Waals surface area contributed by atoms with Crippen LogP contribution in [0.2, 0.25) is 0 Å². The normalized spacial score (nSPS) is 13.1. The molecule has 1 nitrogen and oxygen atoms in total. The second-order valence-electron chi connectivity index (χ2n) is 12.5. The Morgan fingerprint density at radius 2 is 1.05 bits per heavy atom. The van der Waals surface area contributed by atoms with Crippen LogP contribution in [0.1, 0.15) is 47.2 Å². The number of benzene rings is 6. The van der Waals surface area contributed by atoms with Gasteiger partial charge in [0.25, 0.3) is 0 Å². The molecule has 0 bridgehead atoms. The summed E-state index contributed by atoms with van der Waals surface area (Å²) in [6.45, 7) is 9.01. The number of fused-ring (bicyclic) bond motifs is 3. The molecule has 6 aromatic carbocycles. The van der Waals surface area contributed by atoms with Gasteiger partial charge >= 0.3 is 0 Å². The van der Waals surface area contributed by atoms with Gasteiger partial charge in [-0.15, -0.1) is 0 Å². The lowest BCUT2D eigenvalue weighted by atomic mass is 9.81. The average molecular weight is 568 g/mol. The highest BCUT2D eigenvalue weighted by Gasteiger charge is 2.36. The van der Waals surface area contributed by atoms with Gasteiger partial charge in [0.05, 0.1) is 0 Å². The van der Waals surface area contributed by atoms with E-state index in [1.807, 2.05) is 0 Å². The molecule has 7 rings (SSSR count). The molecule has 0 aliphatic heterocycles. The summed E-state index contributed by atoms with van der Waals surface area (Å²) < 4.78 is 0. The highest BCUT2D eigenvalue weighted by Crippen LogP contribution is 2.51. The van der Waals surface area contributed by atoms with Crippen molar-refractivity contribution < 1.29 is 0 Å². The van der Waals surface area contributed by atoms with Crippen LogP contribution >= 0.6 is 0 Å². The fourth-order valence-corrected chi connectivity index (χ4v) is 6.50. The second kappa shape index (κ2) is 11.2. The van der Waals surface area contributed by atoms with Crippen molar-refractivity contribution in [2.24, 2.45) is 0 Å². The van der Waals surface area contributed by atoms with E-state index in [1.165, 1.54) is 61.3 Å². The van der Waals surface area contributed by atoms with Crippen molar-refractivity contribution in [3.8, 4) is 22.3 Å².